The van der Waals surface area contributed by atoms with Gasteiger partial charge in [-0.05, 0) is 18.2 Å². The van der Waals surface area contributed by atoms with Crippen molar-refractivity contribution in [3.05, 3.63) is 28.2 Å². The van der Waals surface area contributed by atoms with Gasteiger partial charge in [-0.1, -0.05) is 15.9 Å². The zero-order chi connectivity index (χ0) is 10.1. The fourth-order valence-corrected chi connectivity index (χ4v) is 1.90. The number of rotatable bonds is 2. The monoisotopic (exact) mass is 255 g/mol. The molecule has 1 aliphatic heterocycles. The van der Waals surface area contributed by atoms with Crippen LogP contribution in [0.2, 0.25) is 0 Å². The Morgan fingerprint density at radius 2 is 2.29 bits per heavy atom. The average molecular weight is 256 g/mol. The molecule has 14 heavy (non-hydrogen) atoms. The number of methoxy groups -OCH3 is 1. The maximum Gasteiger partial charge on any atom is 0.222 e. The number of halogens is 1. The van der Waals surface area contributed by atoms with E-state index in [2.05, 4.69) is 21.2 Å². The van der Waals surface area contributed by atoms with Crippen LogP contribution in [0.15, 0.2) is 22.7 Å². The Labute approximate surface area is 90.6 Å². The second kappa shape index (κ2) is 3.61. The maximum atomic E-state index is 10.8. The lowest BCUT2D eigenvalue weighted by Gasteiger charge is -2.28. The van der Waals surface area contributed by atoms with Gasteiger partial charge in [-0.25, -0.2) is 0 Å². The zero-order valence-corrected chi connectivity index (χ0v) is 9.30. The van der Waals surface area contributed by atoms with E-state index in [1.165, 1.54) is 0 Å². The smallest absolute Gasteiger partial charge is 0.222 e. The summed E-state index contributed by atoms with van der Waals surface area (Å²) >= 11 is 3.39. The molecule has 1 N–H and O–H groups in total. The van der Waals surface area contributed by atoms with Crippen molar-refractivity contribution in [3.8, 4) is 5.75 Å². The number of carbonyl (C=O) groups excluding carboxylic acids is 1. The van der Waals surface area contributed by atoms with Crippen LogP contribution in [0, 0.1) is 0 Å². The molecule has 1 fully saturated rings. The Morgan fingerprint density at radius 3 is 2.86 bits per heavy atom. The van der Waals surface area contributed by atoms with Gasteiger partial charge < -0.3 is 10.1 Å². The van der Waals surface area contributed by atoms with Crippen LogP contribution in [-0.4, -0.2) is 13.0 Å². The predicted octanol–water partition coefficient (Wildman–Crippen LogP) is 2.02. The van der Waals surface area contributed by atoms with Gasteiger partial charge >= 0.3 is 0 Å². The van der Waals surface area contributed by atoms with Gasteiger partial charge in [0.05, 0.1) is 19.6 Å². The highest BCUT2D eigenvalue weighted by Gasteiger charge is 2.29. The maximum absolute atomic E-state index is 10.8. The van der Waals surface area contributed by atoms with Crippen molar-refractivity contribution in [2.75, 3.05) is 7.11 Å². The van der Waals surface area contributed by atoms with E-state index in [9.17, 15) is 4.79 Å². The van der Waals surface area contributed by atoms with E-state index in [0.29, 0.717) is 6.42 Å². The van der Waals surface area contributed by atoms with E-state index in [0.717, 1.165) is 15.8 Å². The molecule has 0 aliphatic carbocycles. The third kappa shape index (κ3) is 1.62. The first-order valence-corrected chi connectivity index (χ1v) is 5.13. The van der Waals surface area contributed by atoms with Crippen molar-refractivity contribution >= 4 is 21.8 Å². The fourth-order valence-electron chi connectivity index (χ4n) is 1.52. The van der Waals surface area contributed by atoms with Crippen LogP contribution >= 0.6 is 15.9 Å². The van der Waals surface area contributed by atoms with E-state index in [-0.39, 0.29) is 11.9 Å². The molecule has 3 nitrogen and oxygen atoms in total. The van der Waals surface area contributed by atoms with Gasteiger partial charge in [-0.3, -0.25) is 4.79 Å². The Hall–Kier alpha value is -1.03. The van der Waals surface area contributed by atoms with Crippen LogP contribution in [0.25, 0.3) is 0 Å². The number of amides is 1. The summed E-state index contributed by atoms with van der Waals surface area (Å²) in [4.78, 5) is 10.8. The number of ether oxygens (including phenoxy) is 1. The average Bonchev–Trinajstić information content (AvgIpc) is 2.13. The van der Waals surface area contributed by atoms with Crippen molar-refractivity contribution < 1.29 is 9.53 Å². The third-order valence-corrected chi connectivity index (χ3v) is 2.79. The molecule has 1 aliphatic rings. The van der Waals surface area contributed by atoms with Gasteiger partial charge in [0.15, 0.2) is 0 Å². The molecular weight excluding hydrogens is 246 g/mol. The lowest BCUT2D eigenvalue weighted by Crippen LogP contribution is -2.41. The molecule has 0 aromatic heterocycles. The highest BCUT2D eigenvalue weighted by Crippen LogP contribution is 2.33. The van der Waals surface area contributed by atoms with E-state index in [1.54, 1.807) is 7.11 Å². The fraction of sp³-hybridized carbons (Fsp3) is 0.300. The summed E-state index contributed by atoms with van der Waals surface area (Å²) in [6.45, 7) is 0. The summed E-state index contributed by atoms with van der Waals surface area (Å²) in [5.41, 5.74) is 1.03. The van der Waals surface area contributed by atoms with Crippen molar-refractivity contribution in [2.24, 2.45) is 0 Å². The van der Waals surface area contributed by atoms with Gasteiger partial charge in [-0.15, -0.1) is 0 Å². The summed E-state index contributed by atoms with van der Waals surface area (Å²) in [5, 5.41) is 2.82. The van der Waals surface area contributed by atoms with E-state index < -0.39 is 0 Å². The molecule has 1 amide bonds. The number of β-lactam (4-membered cyclic amide) rings is 1. The van der Waals surface area contributed by atoms with Gasteiger partial charge in [0.2, 0.25) is 5.91 Å². The van der Waals surface area contributed by atoms with Gasteiger partial charge in [0, 0.05) is 10.0 Å². The Balaban J connectivity index is 2.30. The summed E-state index contributed by atoms with van der Waals surface area (Å²) in [7, 11) is 1.63. The first-order valence-electron chi connectivity index (χ1n) is 4.33. The Bertz CT molecular complexity index is 370. The molecule has 1 aromatic carbocycles. The van der Waals surface area contributed by atoms with E-state index in [1.807, 2.05) is 18.2 Å². The molecule has 1 atom stereocenters. The first-order chi connectivity index (χ1) is 6.70. The lowest BCUT2D eigenvalue weighted by molar-refractivity contribution is -0.128. The van der Waals surface area contributed by atoms with Gasteiger partial charge in [0.1, 0.15) is 5.75 Å². The number of carbonyl (C=O) groups is 1. The van der Waals surface area contributed by atoms with Crippen molar-refractivity contribution in [2.45, 2.75) is 12.5 Å². The molecule has 1 unspecified atom stereocenters. The summed E-state index contributed by atoms with van der Waals surface area (Å²) in [6, 6.07) is 5.89. The van der Waals surface area contributed by atoms with Crippen LogP contribution in [0.4, 0.5) is 0 Å². The lowest BCUT2D eigenvalue weighted by atomic mass is 9.96. The number of hydrogen-bond donors (Lipinski definition) is 1. The molecule has 2 rings (SSSR count). The minimum Gasteiger partial charge on any atom is -0.496 e. The SMILES string of the molecule is COc1ccc(Br)cc1C1CC(=O)N1. The molecular formula is C10H10BrNO2. The van der Waals surface area contributed by atoms with Crippen molar-refractivity contribution in [1.29, 1.82) is 0 Å². The molecule has 0 radical (unpaired) electrons. The number of benzene rings is 1. The molecule has 0 spiro atoms. The van der Waals surface area contributed by atoms with Crippen LogP contribution < -0.4 is 10.1 Å². The van der Waals surface area contributed by atoms with Crippen LogP contribution in [0.5, 0.6) is 5.75 Å². The molecule has 0 saturated carbocycles. The van der Waals surface area contributed by atoms with E-state index >= 15 is 0 Å². The van der Waals surface area contributed by atoms with Crippen LogP contribution in [0.1, 0.15) is 18.0 Å². The predicted molar refractivity (Wildman–Crippen MR) is 56.2 cm³/mol. The molecule has 4 heteroatoms. The summed E-state index contributed by atoms with van der Waals surface area (Å²) in [5.74, 6) is 0.912. The third-order valence-electron chi connectivity index (χ3n) is 2.29. The second-order valence-corrected chi connectivity index (χ2v) is 4.13. The summed E-state index contributed by atoms with van der Waals surface area (Å²) in [6.07, 6.45) is 0.548. The van der Waals surface area contributed by atoms with Crippen molar-refractivity contribution in [3.63, 3.8) is 0 Å². The Kier molecular flexibility index (Phi) is 2.46. The van der Waals surface area contributed by atoms with Crippen LogP contribution in [0.3, 0.4) is 0 Å². The highest BCUT2D eigenvalue weighted by atomic mass is 79.9. The zero-order valence-electron chi connectivity index (χ0n) is 7.71. The van der Waals surface area contributed by atoms with Gasteiger partial charge in [-0.2, -0.15) is 0 Å². The minimum atomic E-state index is 0.0945. The number of nitrogens with one attached hydrogen (secondary N) is 1. The van der Waals surface area contributed by atoms with Crippen LogP contribution in [-0.2, 0) is 4.79 Å². The first kappa shape index (κ1) is 9.52. The topological polar surface area (TPSA) is 38.3 Å². The largest absolute Gasteiger partial charge is 0.496 e. The van der Waals surface area contributed by atoms with E-state index in [4.69, 9.17) is 4.74 Å². The second-order valence-electron chi connectivity index (χ2n) is 3.21. The molecule has 0 bridgehead atoms. The normalized spacial score (nSPS) is 19.9. The molecule has 1 aromatic rings. The molecule has 74 valence electrons. The quantitative estimate of drug-likeness (QED) is 0.822. The number of hydrogen-bond acceptors (Lipinski definition) is 2. The molecule has 1 saturated heterocycles. The highest BCUT2D eigenvalue weighted by molar-refractivity contribution is 9.10. The standard InChI is InChI=1S/C10H10BrNO2/c1-14-9-3-2-6(11)4-7(9)8-5-10(13)12-8/h2-4,8H,5H2,1H3,(H,12,13). The van der Waals surface area contributed by atoms with Gasteiger partial charge in [0.25, 0.3) is 0 Å². The molecule has 1 heterocycles. The summed E-state index contributed by atoms with van der Waals surface area (Å²) < 4.78 is 6.22. The minimum absolute atomic E-state index is 0.0945. The van der Waals surface area contributed by atoms with Crippen molar-refractivity contribution in [1.82, 2.24) is 5.32 Å². The Morgan fingerprint density at radius 1 is 1.57 bits per heavy atom.